The molecule has 3 rings (SSSR count). The highest BCUT2D eigenvalue weighted by atomic mass is 79.9. The van der Waals surface area contributed by atoms with Crippen LogP contribution in [0, 0.1) is 0 Å². The average Bonchev–Trinajstić information content (AvgIpc) is 3.21. The summed E-state index contributed by atoms with van der Waals surface area (Å²) in [6, 6.07) is 7.80. The van der Waals surface area contributed by atoms with Crippen LogP contribution in [0.5, 0.6) is 0 Å². The quantitative estimate of drug-likeness (QED) is 0.769. The molecule has 9 heteroatoms. The lowest BCUT2D eigenvalue weighted by Crippen LogP contribution is -2.34. The molecule has 0 unspecified atom stereocenters. The third kappa shape index (κ3) is 4.55. The van der Waals surface area contributed by atoms with Gasteiger partial charge in [0.05, 0.1) is 6.54 Å². The average molecular weight is 424 g/mol. The van der Waals surface area contributed by atoms with Gasteiger partial charge in [-0.15, -0.1) is 10.2 Å². The molecule has 1 aromatic heterocycles. The lowest BCUT2D eigenvalue weighted by atomic mass is 10.2. The second-order valence-corrected chi connectivity index (χ2v) is 7.63. The molecule has 1 aliphatic rings. The van der Waals surface area contributed by atoms with Gasteiger partial charge in [0.15, 0.2) is 0 Å². The molecule has 1 aliphatic heterocycles. The number of nitrogens with zero attached hydrogens (tertiary/aromatic N) is 4. The van der Waals surface area contributed by atoms with E-state index in [4.69, 9.17) is 0 Å². The van der Waals surface area contributed by atoms with Gasteiger partial charge in [-0.1, -0.05) is 39.4 Å². The van der Waals surface area contributed by atoms with Crippen LogP contribution in [0.2, 0.25) is 0 Å². The summed E-state index contributed by atoms with van der Waals surface area (Å²) in [5.41, 5.74) is 1.02. The molecule has 2 aromatic rings. The van der Waals surface area contributed by atoms with E-state index in [1.54, 1.807) is 16.8 Å². The molecule has 0 bridgehead atoms. The molecule has 0 saturated carbocycles. The van der Waals surface area contributed by atoms with Gasteiger partial charge < -0.3 is 10.2 Å². The maximum atomic E-state index is 12.1. The fourth-order valence-corrected chi connectivity index (χ4v) is 3.81. The van der Waals surface area contributed by atoms with Crippen LogP contribution in [0.25, 0.3) is 0 Å². The zero-order valence-corrected chi connectivity index (χ0v) is 16.1. The lowest BCUT2D eigenvalue weighted by Gasteiger charge is -2.15. The maximum absolute atomic E-state index is 12.1. The van der Waals surface area contributed by atoms with E-state index in [-0.39, 0.29) is 18.4 Å². The first-order valence-electron chi connectivity index (χ1n) is 7.89. The van der Waals surface area contributed by atoms with Gasteiger partial charge in [-0.2, -0.15) is 0 Å². The molecule has 0 aliphatic carbocycles. The number of likely N-dealkylation sites (N-methyl/N-ethyl adjacent to an activating group) is 1. The van der Waals surface area contributed by atoms with Crippen LogP contribution < -0.4 is 15.1 Å². The van der Waals surface area contributed by atoms with Gasteiger partial charge in [0.1, 0.15) is 0 Å². The Kier molecular flexibility index (Phi) is 5.64. The van der Waals surface area contributed by atoms with Crippen molar-refractivity contribution in [1.82, 2.24) is 15.5 Å². The second-order valence-electron chi connectivity index (χ2n) is 5.78. The Labute approximate surface area is 158 Å². The molecule has 25 heavy (non-hydrogen) atoms. The number of nitrogens with one attached hydrogen (secondary N) is 1. The first kappa shape index (κ1) is 17.8. The highest BCUT2D eigenvalue weighted by Crippen LogP contribution is 2.29. The van der Waals surface area contributed by atoms with Crippen molar-refractivity contribution in [3.8, 4) is 0 Å². The SMILES string of the molecule is CN(CC(=O)NCc1cccc(Br)c1)c1nnc(N2CCCC2=O)s1. The standard InChI is InChI=1S/C16H18BrN5O2S/c1-21(10-13(23)18-9-11-4-2-5-12(17)8-11)15-19-20-16(25-15)22-7-3-6-14(22)24/h2,4-5,8H,3,6-7,9-10H2,1H3,(H,18,23). The summed E-state index contributed by atoms with van der Waals surface area (Å²) in [5.74, 6) is -0.0198. The van der Waals surface area contributed by atoms with Gasteiger partial charge >= 0.3 is 0 Å². The topological polar surface area (TPSA) is 78.4 Å². The van der Waals surface area contributed by atoms with E-state index < -0.39 is 0 Å². The van der Waals surface area contributed by atoms with Gasteiger partial charge in [0.2, 0.25) is 22.1 Å². The number of hydrogen-bond donors (Lipinski definition) is 1. The summed E-state index contributed by atoms with van der Waals surface area (Å²) in [6.45, 7) is 1.33. The maximum Gasteiger partial charge on any atom is 0.239 e. The number of carbonyl (C=O) groups excluding carboxylic acids is 2. The molecule has 1 N–H and O–H groups in total. The molecule has 0 atom stereocenters. The van der Waals surface area contributed by atoms with E-state index >= 15 is 0 Å². The molecule has 2 amide bonds. The van der Waals surface area contributed by atoms with Crippen molar-refractivity contribution in [2.24, 2.45) is 0 Å². The molecular weight excluding hydrogens is 406 g/mol. The fraction of sp³-hybridized carbons (Fsp3) is 0.375. The Hall–Kier alpha value is -2.00. The normalized spacial score (nSPS) is 14.0. The zero-order valence-electron chi connectivity index (χ0n) is 13.7. The molecule has 1 fully saturated rings. The van der Waals surface area contributed by atoms with Crippen LogP contribution in [-0.4, -0.2) is 42.1 Å². The number of carbonyl (C=O) groups is 2. The Bertz CT molecular complexity index is 781. The molecule has 2 heterocycles. The van der Waals surface area contributed by atoms with Crippen molar-refractivity contribution >= 4 is 49.3 Å². The predicted molar refractivity (Wildman–Crippen MR) is 101 cm³/mol. The van der Waals surface area contributed by atoms with Crippen molar-refractivity contribution < 1.29 is 9.59 Å². The van der Waals surface area contributed by atoms with Gasteiger partial charge in [-0.3, -0.25) is 14.5 Å². The summed E-state index contributed by atoms with van der Waals surface area (Å²) in [5, 5.41) is 12.3. The number of hydrogen-bond acceptors (Lipinski definition) is 6. The third-order valence-corrected chi connectivity index (χ3v) is 5.35. The first-order chi connectivity index (χ1) is 12.0. The van der Waals surface area contributed by atoms with E-state index in [1.165, 1.54) is 11.3 Å². The fourth-order valence-electron chi connectivity index (χ4n) is 2.51. The van der Waals surface area contributed by atoms with E-state index in [0.29, 0.717) is 29.8 Å². The van der Waals surface area contributed by atoms with Crippen LogP contribution >= 0.6 is 27.3 Å². The van der Waals surface area contributed by atoms with Crippen LogP contribution in [0.15, 0.2) is 28.7 Å². The summed E-state index contributed by atoms with van der Waals surface area (Å²) in [4.78, 5) is 27.3. The molecule has 132 valence electrons. The smallest absolute Gasteiger partial charge is 0.239 e. The second kappa shape index (κ2) is 7.92. The van der Waals surface area contributed by atoms with Crippen molar-refractivity contribution in [2.45, 2.75) is 19.4 Å². The zero-order chi connectivity index (χ0) is 17.8. The summed E-state index contributed by atoms with van der Waals surface area (Å²) in [7, 11) is 1.79. The molecule has 0 spiro atoms. The number of aromatic nitrogens is 2. The lowest BCUT2D eigenvalue weighted by molar-refractivity contribution is -0.120. The van der Waals surface area contributed by atoms with Crippen LogP contribution in [0.4, 0.5) is 10.3 Å². The van der Waals surface area contributed by atoms with Crippen LogP contribution in [0.1, 0.15) is 18.4 Å². The third-order valence-electron chi connectivity index (χ3n) is 3.79. The minimum absolute atomic E-state index is 0.0807. The first-order valence-corrected chi connectivity index (χ1v) is 9.50. The number of halogens is 1. The van der Waals surface area contributed by atoms with Crippen LogP contribution in [-0.2, 0) is 16.1 Å². The monoisotopic (exact) mass is 423 g/mol. The summed E-state index contributed by atoms with van der Waals surface area (Å²) < 4.78 is 0.981. The van der Waals surface area contributed by atoms with E-state index in [0.717, 1.165) is 16.5 Å². The number of anilines is 2. The molecule has 7 nitrogen and oxygen atoms in total. The van der Waals surface area contributed by atoms with Crippen LogP contribution in [0.3, 0.4) is 0 Å². The molecule has 1 aromatic carbocycles. The van der Waals surface area contributed by atoms with Crippen molar-refractivity contribution in [1.29, 1.82) is 0 Å². The van der Waals surface area contributed by atoms with Crippen molar-refractivity contribution in [2.75, 3.05) is 29.9 Å². The Morgan fingerprint density at radius 1 is 1.44 bits per heavy atom. The number of amides is 2. The van der Waals surface area contributed by atoms with Gasteiger partial charge in [0, 0.05) is 31.0 Å². The number of rotatable bonds is 6. The van der Waals surface area contributed by atoms with E-state index in [9.17, 15) is 9.59 Å². The van der Waals surface area contributed by atoms with E-state index in [2.05, 4.69) is 31.4 Å². The summed E-state index contributed by atoms with van der Waals surface area (Å²) in [6.07, 6.45) is 1.41. The highest BCUT2D eigenvalue weighted by Gasteiger charge is 2.25. The minimum atomic E-state index is -0.100. The van der Waals surface area contributed by atoms with Gasteiger partial charge in [-0.05, 0) is 24.1 Å². The van der Waals surface area contributed by atoms with Crippen molar-refractivity contribution in [3.63, 3.8) is 0 Å². The van der Waals surface area contributed by atoms with Gasteiger partial charge in [-0.25, -0.2) is 0 Å². The highest BCUT2D eigenvalue weighted by molar-refractivity contribution is 9.10. The van der Waals surface area contributed by atoms with Crippen molar-refractivity contribution in [3.05, 3.63) is 34.3 Å². The largest absolute Gasteiger partial charge is 0.350 e. The Balaban J connectivity index is 1.53. The minimum Gasteiger partial charge on any atom is -0.350 e. The molecule has 1 saturated heterocycles. The predicted octanol–water partition coefficient (Wildman–Crippen LogP) is 2.18. The van der Waals surface area contributed by atoms with Gasteiger partial charge in [0.25, 0.3) is 0 Å². The molecular formula is C16H18BrN5O2S. The summed E-state index contributed by atoms with van der Waals surface area (Å²) >= 11 is 4.73. The van der Waals surface area contributed by atoms with E-state index in [1.807, 2.05) is 24.3 Å². The Morgan fingerprint density at radius 3 is 3.00 bits per heavy atom. The Morgan fingerprint density at radius 2 is 2.28 bits per heavy atom. The molecule has 0 radical (unpaired) electrons. The number of benzene rings is 1.